The maximum absolute atomic E-state index is 9.61. The second-order valence-electron chi connectivity index (χ2n) is 6.26. The number of nitriles is 1. The van der Waals surface area contributed by atoms with Crippen molar-refractivity contribution in [3.63, 3.8) is 0 Å². The summed E-state index contributed by atoms with van der Waals surface area (Å²) >= 11 is 6.34. The molecule has 130 valence electrons. The van der Waals surface area contributed by atoms with Crippen molar-refractivity contribution in [3.05, 3.63) is 76.8 Å². The minimum atomic E-state index is 0.112. The van der Waals surface area contributed by atoms with Crippen LogP contribution < -0.4 is 4.74 Å². The third-order valence-corrected chi connectivity index (χ3v) is 4.65. The van der Waals surface area contributed by atoms with Crippen molar-refractivity contribution in [1.82, 2.24) is 0 Å². The maximum Gasteiger partial charge on any atom is 0.138 e. The molecule has 0 aromatic heterocycles. The zero-order valence-electron chi connectivity index (χ0n) is 14.9. The van der Waals surface area contributed by atoms with Crippen molar-refractivity contribution in [2.45, 2.75) is 26.4 Å². The Morgan fingerprint density at radius 1 is 1.12 bits per heavy atom. The van der Waals surface area contributed by atoms with Crippen molar-refractivity contribution >= 4 is 34.0 Å². The molecule has 26 heavy (non-hydrogen) atoms. The van der Waals surface area contributed by atoms with E-state index in [-0.39, 0.29) is 6.10 Å². The zero-order chi connectivity index (χ0) is 18.5. The number of allylic oxidation sites excluding steroid dienone is 1. The Hall–Kier alpha value is -2.76. The Morgan fingerprint density at radius 3 is 2.58 bits per heavy atom. The molecule has 0 saturated heterocycles. The average molecular weight is 362 g/mol. The molecule has 0 aliphatic carbocycles. The number of ether oxygens (including phenoxy) is 1. The van der Waals surface area contributed by atoms with Gasteiger partial charge in [0.05, 0.1) is 22.8 Å². The fraction of sp³-hybridized carbons (Fsp3) is 0.174. The topological polar surface area (TPSA) is 33.0 Å². The van der Waals surface area contributed by atoms with Crippen molar-refractivity contribution in [3.8, 4) is 11.8 Å². The molecule has 0 aliphatic rings. The third-order valence-electron chi connectivity index (χ3n) is 4.35. The standard InChI is InChI=1S/C23H20ClNO/c1-3-16(2)26-23-11-8-17(13-22(23)24)12-21(15-25)20-10-9-18-6-4-5-7-19(18)14-20/h4-14,16H,3H2,1-2H3/b21-12-/t16-/m1/s1. The molecule has 3 rings (SSSR count). The highest BCUT2D eigenvalue weighted by molar-refractivity contribution is 6.32. The highest BCUT2D eigenvalue weighted by Crippen LogP contribution is 2.29. The van der Waals surface area contributed by atoms with Gasteiger partial charge < -0.3 is 4.74 Å². The summed E-state index contributed by atoms with van der Waals surface area (Å²) in [5.41, 5.74) is 2.36. The highest BCUT2D eigenvalue weighted by Gasteiger charge is 2.08. The molecular weight excluding hydrogens is 342 g/mol. The van der Waals surface area contributed by atoms with E-state index in [0.717, 1.165) is 28.3 Å². The molecule has 0 heterocycles. The molecule has 0 bridgehead atoms. The summed E-state index contributed by atoms with van der Waals surface area (Å²) in [6.07, 6.45) is 2.88. The second-order valence-corrected chi connectivity index (χ2v) is 6.67. The zero-order valence-corrected chi connectivity index (χ0v) is 15.6. The molecule has 0 fully saturated rings. The molecule has 3 aromatic carbocycles. The smallest absolute Gasteiger partial charge is 0.138 e. The number of nitrogens with zero attached hydrogens (tertiary/aromatic N) is 1. The van der Waals surface area contributed by atoms with Crippen LogP contribution in [0.25, 0.3) is 22.4 Å². The lowest BCUT2D eigenvalue weighted by atomic mass is 10.00. The molecule has 1 atom stereocenters. The van der Waals surface area contributed by atoms with Crippen molar-refractivity contribution in [1.29, 1.82) is 5.26 Å². The van der Waals surface area contributed by atoms with E-state index in [1.807, 2.05) is 67.6 Å². The van der Waals surface area contributed by atoms with Crippen LogP contribution in [0.15, 0.2) is 60.7 Å². The molecule has 0 saturated carbocycles. The van der Waals surface area contributed by atoms with Gasteiger partial charge in [0.2, 0.25) is 0 Å². The van der Waals surface area contributed by atoms with Crippen LogP contribution in [0.1, 0.15) is 31.4 Å². The fourth-order valence-corrected chi connectivity index (χ4v) is 2.94. The Morgan fingerprint density at radius 2 is 1.88 bits per heavy atom. The van der Waals surface area contributed by atoms with Crippen LogP contribution in [0.5, 0.6) is 5.75 Å². The van der Waals surface area contributed by atoms with Gasteiger partial charge in [-0.25, -0.2) is 0 Å². The fourth-order valence-electron chi connectivity index (χ4n) is 2.71. The van der Waals surface area contributed by atoms with Crippen LogP contribution in [0.2, 0.25) is 5.02 Å². The lowest BCUT2D eigenvalue weighted by Crippen LogP contribution is -2.09. The number of hydrogen-bond acceptors (Lipinski definition) is 2. The van der Waals surface area contributed by atoms with Gasteiger partial charge in [0.25, 0.3) is 0 Å². The summed E-state index contributed by atoms with van der Waals surface area (Å²) in [6.45, 7) is 4.08. The molecule has 2 nitrogen and oxygen atoms in total. The Kier molecular flexibility index (Phi) is 5.61. The monoisotopic (exact) mass is 361 g/mol. The lowest BCUT2D eigenvalue weighted by Gasteiger charge is -2.14. The van der Waals surface area contributed by atoms with Crippen LogP contribution in [-0.4, -0.2) is 6.10 Å². The lowest BCUT2D eigenvalue weighted by molar-refractivity contribution is 0.217. The molecular formula is C23H20ClNO. The van der Waals surface area contributed by atoms with Gasteiger partial charge >= 0.3 is 0 Å². The number of fused-ring (bicyclic) bond motifs is 1. The van der Waals surface area contributed by atoms with Gasteiger partial charge in [-0.3, -0.25) is 0 Å². The summed E-state index contributed by atoms with van der Waals surface area (Å²) in [6, 6.07) is 22.1. The van der Waals surface area contributed by atoms with E-state index >= 15 is 0 Å². The predicted octanol–water partition coefficient (Wildman–Crippen LogP) is 6.73. The Labute approximate surface area is 159 Å². The van der Waals surface area contributed by atoms with Gasteiger partial charge in [0.15, 0.2) is 0 Å². The van der Waals surface area contributed by atoms with E-state index in [9.17, 15) is 5.26 Å². The van der Waals surface area contributed by atoms with Crippen molar-refractivity contribution in [2.75, 3.05) is 0 Å². The maximum atomic E-state index is 9.61. The first kappa shape index (κ1) is 18.0. The molecule has 3 heteroatoms. The molecule has 0 N–H and O–H groups in total. The summed E-state index contributed by atoms with van der Waals surface area (Å²) in [5.74, 6) is 0.669. The Balaban J connectivity index is 1.93. The number of halogens is 1. The van der Waals surface area contributed by atoms with Gasteiger partial charge in [-0.05, 0) is 59.5 Å². The average Bonchev–Trinajstić information content (AvgIpc) is 2.67. The molecule has 0 unspecified atom stereocenters. The number of rotatable bonds is 5. The SMILES string of the molecule is CC[C@@H](C)Oc1ccc(/C=C(/C#N)c2ccc3ccccc3c2)cc1Cl. The van der Waals surface area contributed by atoms with Crippen molar-refractivity contribution in [2.24, 2.45) is 0 Å². The predicted molar refractivity (Wildman–Crippen MR) is 109 cm³/mol. The van der Waals surface area contributed by atoms with Crippen LogP contribution >= 0.6 is 11.6 Å². The van der Waals surface area contributed by atoms with E-state index in [4.69, 9.17) is 16.3 Å². The number of benzene rings is 3. The minimum Gasteiger partial charge on any atom is -0.489 e. The van der Waals surface area contributed by atoms with Crippen molar-refractivity contribution < 1.29 is 4.74 Å². The summed E-state index contributed by atoms with van der Waals surface area (Å²) in [5, 5.41) is 12.4. The first-order chi connectivity index (χ1) is 12.6. The number of hydrogen-bond donors (Lipinski definition) is 0. The molecule has 0 spiro atoms. The minimum absolute atomic E-state index is 0.112. The summed E-state index contributed by atoms with van der Waals surface area (Å²) in [4.78, 5) is 0. The Bertz CT molecular complexity index is 1000. The van der Waals surface area contributed by atoms with Crippen LogP contribution in [0.3, 0.4) is 0 Å². The first-order valence-corrected chi connectivity index (χ1v) is 9.05. The summed E-state index contributed by atoms with van der Waals surface area (Å²) in [7, 11) is 0. The van der Waals surface area contributed by atoms with Gasteiger partial charge in [-0.2, -0.15) is 5.26 Å². The normalized spacial score (nSPS) is 12.6. The first-order valence-electron chi connectivity index (χ1n) is 8.68. The van der Waals surface area contributed by atoms with Crippen LogP contribution in [0.4, 0.5) is 0 Å². The van der Waals surface area contributed by atoms with E-state index in [1.54, 1.807) is 0 Å². The van der Waals surface area contributed by atoms with Gasteiger partial charge in [-0.15, -0.1) is 0 Å². The molecule has 0 amide bonds. The second kappa shape index (κ2) is 8.08. The van der Waals surface area contributed by atoms with Crippen LogP contribution in [-0.2, 0) is 0 Å². The quantitative estimate of drug-likeness (QED) is 0.372. The largest absolute Gasteiger partial charge is 0.489 e. The van der Waals surface area contributed by atoms with Gasteiger partial charge in [0, 0.05) is 0 Å². The van der Waals surface area contributed by atoms with E-state index < -0.39 is 0 Å². The third kappa shape index (κ3) is 4.07. The summed E-state index contributed by atoms with van der Waals surface area (Å²) < 4.78 is 5.80. The highest BCUT2D eigenvalue weighted by atomic mass is 35.5. The van der Waals surface area contributed by atoms with Gasteiger partial charge in [0.1, 0.15) is 5.75 Å². The van der Waals surface area contributed by atoms with Gasteiger partial charge in [-0.1, -0.05) is 61.0 Å². The van der Waals surface area contributed by atoms with E-state index in [0.29, 0.717) is 16.3 Å². The van der Waals surface area contributed by atoms with E-state index in [2.05, 4.69) is 19.1 Å². The van der Waals surface area contributed by atoms with Crippen LogP contribution in [0, 0.1) is 11.3 Å². The molecule has 0 radical (unpaired) electrons. The molecule has 0 aliphatic heterocycles. The van der Waals surface area contributed by atoms with E-state index in [1.165, 1.54) is 0 Å². The molecule has 3 aromatic rings.